The molecule has 0 atom stereocenters. The third-order valence-electron chi connectivity index (χ3n) is 4.47. The second kappa shape index (κ2) is 7.28. The summed E-state index contributed by atoms with van der Waals surface area (Å²) in [4.78, 5) is 18.7. The number of carbonyl (C=O) groups is 1. The van der Waals surface area contributed by atoms with Gasteiger partial charge in [-0.05, 0) is 34.4 Å². The van der Waals surface area contributed by atoms with E-state index in [1.54, 1.807) is 12.1 Å². The molecule has 1 aromatic heterocycles. The minimum Gasteiger partial charge on any atom is -0.310 e. The Morgan fingerprint density at radius 1 is 0.962 bits per heavy atom. The number of hydrogen-bond donors (Lipinski definition) is 1. The Bertz CT molecular complexity index is 892. The van der Waals surface area contributed by atoms with Crippen molar-refractivity contribution >= 4 is 23.3 Å². The van der Waals surface area contributed by atoms with Gasteiger partial charge in [-0.1, -0.05) is 60.1 Å². The average Bonchev–Trinajstić information content (AvgIpc) is 2.80. The fourth-order valence-corrected chi connectivity index (χ4v) is 3.44. The van der Waals surface area contributed by atoms with Gasteiger partial charge in [0.2, 0.25) is 5.91 Å². The molecule has 2 aromatic carbocycles. The van der Waals surface area contributed by atoms with Crippen LogP contribution in [0.4, 0.5) is 5.82 Å². The summed E-state index contributed by atoms with van der Waals surface area (Å²) in [5.74, 6) is 0.423. The van der Waals surface area contributed by atoms with E-state index in [1.807, 2.05) is 12.1 Å². The number of rotatable bonds is 3. The van der Waals surface area contributed by atoms with Gasteiger partial charge >= 0.3 is 0 Å². The lowest BCUT2D eigenvalue weighted by Crippen LogP contribution is -2.32. The molecule has 1 N–H and O–H groups in total. The van der Waals surface area contributed by atoms with Crippen molar-refractivity contribution in [2.45, 2.75) is 13.1 Å². The maximum atomic E-state index is 12.5. The van der Waals surface area contributed by atoms with Gasteiger partial charge in [0, 0.05) is 19.3 Å². The van der Waals surface area contributed by atoms with Gasteiger partial charge in [-0.3, -0.25) is 9.69 Å². The van der Waals surface area contributed by atoms with Crippen molar-refractivity contribution in [1.82, 2.24) is 9.88 Å². The van der Waals surface area contributed by atoms with Crippen molar-refractivity contribution in [3.63, 3.8) is 0 Å². The van der Waals surface area contributed by atoms with Crippen LogP contribution in [0.25, 0.3) is 11.1 Å². The highest BCUT2D eigenvalue weighted by molar-refractivity contribution is 6.30. The van der Waals surface area contributed by atoms with E-state index in [0.29, 0.717) is 17.4 Å². The number of carbonyl (C=O) groups excluding carboxylic acids is 1. The molecule has 3 aromatic rings. The van der Waals surface area contributed by atoms with Crippen LogP contribution in [0.1, 0.15) is 11.1 Å². The highest BCUT2D eigenvalue weighted by Crippen LogP contribution is 2.32. The van der Waals surface area contributed by atoms with Gasteiger partial charge in [0.05, 0.1) is 11.6 Å². The normalized spacial score (nSPS) is 13.4. The van der Waals surface area contributed by atoms with E-state index in [-0.39, 0.29) is 5.91 Å². The number of nitrogens with one attached hydrogen (secondary N) is 1. The lowest BCUT2D eigenvalue weighted by Gasteiger charge is -2.20. The van der Waals surface area contributed by atoms with Gasteiger partial charge in [-0.2, -0.15) is 0 Å². The van der Waals surface area contributed by atoms with E-state index < -0.39 is 0 Å². The molecule has 130 valence electrons. The monoisotopic (exact) mass is 363 g/mol. The largest absolute Gasteiger partial charge is 0.310 e. The number of anilines is 1. The van der Waals surface area contributed by atoms with Crippen LogP contribution < -0.4 is 5.32 Å². The zero-order chi connectivity index (χ0) is 17.9. The van der Waals surface area contributed by atoms with Crippen LogP contribution in [0.5, 0.6) is 0 Å². The zero-order valence-corrected chi connectivity index (χ0v) is 14.9. The SMILES string of the molecule is O=C(CN1Cc2ccccc2-c2ccccc2C1)Nc1ccc(Cl)cn1. The van der Waals surface area contributed by atoms with Crippen molar-refractivity contribution in [2.75, 3.05) is 11.9 Å². The molecule has 2 heterocycles. The predicted octanol–water partition coefficient (Wildman–Crippen LogP) is 4.36. The molecule has 0 aliphatic carbocycles. The molecule has 26 heavy (non-hydrogen) atoms. The number of aromatic nitrogens is 1. The first kappa shape index (κ1) is 16.8. The molecule has 0 bridgehead atoms. The molecular formula is C21H18ClN3O. The summed E-state index contributed by atoms with van der Waals surface area (Å²) in [6.07, 6.45) is 1.52. The van der Waals surface area contributed by atoms with E-state index in [1.165, 1.54) is 28.5 Å². The molecule has 0 spiro atoms. The molecule has 1 amide bonds. The van der Waals surface area contributed by atoms with Crippen LogP contribution >= 0.6 is 11.6 Å². The second-order valence-electron chi connectivity index (χ2n) is 6.37. The predicted molar refractivity (Wildman–Crippen MR) is 104 cm³/mol. The number of fused-ring (bicyclic) bond motifs is 3. The standard InChI is InChI=1S/C21H18ClN3O/c22-17-9-10-20(23-11-17)24-21(26)14-25-12-15-5-1-3-7-18(15)19-8-4-2-6-16(19)13-25/h1-11H,12-14H2,(H,23,24,26). The summed E-state index contributed by atoms with van der Waals surface area (Å²) in [5, 5.41) is 3.38. The fraction of sp³-hybridized carbons (Fsp3) is 0.143. The summed E-state index contributed by atoms with van der Waals surface area (Å²) in [6.45, 7) is 1.76. The number of pyridine rings is 1. The summed E-state index contributed by atoms with van der Waals surface area (Å²) in [7, 11) is 0. The van der Waals surface area contributed by atoms with E-state index in [2.05, 4.69) is 51.6 Å². The Morgan fingerprint density at radius 2 is 1.58 bits per heavy atom. The quantitative estimate of drug-likeness (QED) is 0.752. The summed E-state index contributed by atoms with van der Waals surface area (Å²) >= 11 is 5.83. The fourth-order valence-electron chi connectivity index (χ4n) is 3.33. The maximum Gasteiger partial charge on any atom is 0.239 e. The minimum absolute atomic E-state index is 0.0864. The molecule has 0 radical (unpaired) electrons. The number of amides is 1. The first-order valence-electron chi connectivity index (χ1n) is 8.49. The van der Waals surface area contributed by atoms with Crippen molar-refractivity contribution < 1.29 is 4.79 Å². The Balaban J connectivity index is 1.55. The van der Waals surface area contributed by atoms with Crippen molar-refractivity contribution in [3.8, 4) is 11.1 Å². The maximum absolute atomic E-state index is 12.5. The van der Waals surface area contributed by atoms with Crippen LogP contribution in [-0.2, 0) is 17.9 Å². The Hall–Kier alpha value is -2.69. The van der Waals surface area contributed by atoms with E-state index in [9.17, 15) is 4.79 Å². The van der Waals surface area contributed by atoms with Gasteiger partial charge < -0.3 is 5.32 Å². The Kier molecular flexibility index (Phi) is 4.69. The number of benzene rings is 2. The third-order valence-corrected chi connectivity index (χ3v) is 4.70. The van der Waals surface area contributed by atoms with Gasteiger partial charge in [-0.15, -0.1) is 0 Å². The summed E-state index contributed by atoms with van der Waals surface area (Å²) in [6, 6.07) is 20.2. The van der Waals surface area contributed by atoms with Crippen LogP contribution in [0.2, 0.25) is 5.02 Å². The molecule has 4 rings (SSSR count). The van der Waals surface area contributed by atoms with Crippen LogP contribution in [0.15, 0.2) is 66.9 Å². The summed E-state index contributed by atoms with van der Waals surface area (Å²) < 4.78 is 0. The molecule has 1 aliphatic heterocycles. The van der Waals surface area contributed by atoms with E-state index in [0.717, 1.165) is 13.1 Å². The molecule has 5 heteroatoms. The zero-order valence-electron chi connectivity index (χ0n) is 14.2. The van der Waals surface area contributed by atoms with Gasteiger partial charge in [0.1, 0.15) is 5.82 Å². The average molecular weight is 364 g/mol. The summed E-state index contributed by atoms with van der Waals surface area (Å²) in [5.41, 5.74) is 4.94. The van der Waals surface area contributed by atoms with E-state index >= 15 is 0 Å². The highest BCUT2D eigenvalue weighted by atomic mass is 35.5. The molecule has 0 saturated heterocycles. The van der Waals surface area contributed by atoms with Gasteiger partial charge in [0.25, 0.3) is 0 Å². The Labute approximate surface area is 157 Å². The van der Waals surface area contributed by atoms with Gasteiger partial charge in [0.15, 0.2) is 0 Å². The number of hydrogen-bond acceptors (Lipinski definition) is 3. The van der Waals surface area contributed by atoms with Crippen LogP contribution in [0.3, 0.4) is 0 Å². The van der Waals surface area contributed by atoms with Crippen molar-refractivity contribution in [1.29, 1.82) is 0 Å². The molecule has 1 aliphatic rings. The number of halogens is 1. The second-order valence-corrected chi connectivity index (χ2v) is 6.81. The van der Waals surface area contributed by atoms with Crippen molar-refractivity contribution in [3.05, 3.63) is 83.0 Å². The first-order valence-corrected chi connectivity index (χ1v) is 8.87. The minimum atomic E-state index is -0.0864. The molecule has 0 saturated carbocycles. The topological polar surface area (TPSA) is 45.2 Å². The number of nitrogens with zero attached hydrogens (tertiary/aromatic N) is 2. The van der Waals surface area contributed by atoms with Gasteiger partial charge in [-0.25, -0.2) is 4.98 Å². The highest BCUT2D eigenvalue weighted by Gasteiger charge is 2.20. The Morgan fingerprint density at radius 3 is 2.15 bits per heavy atom. The van der Waals surface area contributed by atoms with Crippen molar-refractivity contribution in [2.24, 2.45) is 0 Å². The molecule has 0 unspecified atom stereocenters. The lowest BCUT2D eigenvalue weighted by atomic mass is 9.97. The third kappa shape index (κ3) is 3.62. The first-order chi connectivity index (χ1) is 12.7. The van der Waals surface area contributed by atoms with Crippen LogP contribution in [-0.4, -0.2) is 22.3 Å². The molecular weight excluding hydrogens is 346 g/mol. The molecule has 4 nitrogen and oxygen atoms in total. The van der Waals surface area contributed by atoms with E-state index in [4.69, 9.17) is 11.6 Å². The molecule has 0 fully saturated rings. The smallest absolute Gasteiger partial charge is 0.239 e. The van der Waals surface area contributed by atoms with Crippen LogP contribution in [0, 0.1) is 0 Å². The lowest BCUT2D eigenvalue weighted by molar-refractivity contribution is -0.117.